The third-order valence-electron chi connectivity index (χ3n) is 14.4. The molecule has 1 aromatic carbocycles. The number of anilines is 3. The normalized spacial score (nSPS) is 20.5. The monoisotopic (exact) mass is 918 g/mol. The second-order valence-corrected chi connectivity index (χ2v) is 20.0. The van der Waals surface area contributed by atoms with Crippen LogP contribution in [0.5, 0.6) is 0 Å². The van der Waals surface area contributed by atoms with Crippen LogP contribution < -0.4 is 25.9 Å². The van der Waals surface area contributed by atoms with E-state index in [0.29, 0.717) is 44.5 Å². The molecular weight excluding hydrogens is 831 g/mol. The predicted octanol–water partition coefficient (Wildman–Crippen LogP) is 6.73. The maximum Gasteiger partial charge on any atom is 0.293 e. The number of piperazine rings is 1. The van der Waals surface area contributed by atoms with Crippen molar-refractivity contribution < 1.29 is 24.2 Å². The molecular formula is C52H87N9O5. The molecule has 5 fully saturated rings. The van der Waals surface area contributed by atoms with E-state index in [0.717, 1.165) is 104 Å². The molecule has 3 atom stereocenters. The summed E-state index contributed by atoms with van der Waals surface area (Å²) in [5.74, 6) is 0. The minimum Gasteiger partial charge on any atom is -0.467 e. The zero-order chi connectivity index (χ0) is 47.9. The fourth-order valence-corrected chi connectivity index (χ4v) is 10.4. The lowest BCUT2D eigenvalue weighted by molar-refractivity contribution is -0.131. The molecule has 2 aliphatic carbocycles. The van der Waals surface area contributed by atoms with Gasteiger partial charge in [0, 0.05) is 126 Å². The van der Waals surface area contributed by atoms with E-state index in [1.165, 1.54) is 51.5 Å². The highest BCUT2D eigenvalue weighted by molar-refractivity contribution is 5.84. The van der Waals surface area contributed by atoms with Crippen LogP contribution in [-0.4, -0.2) is 155 Å². The van der Waals surface area contributed by atoms with E-state index in [2.05, 4.69) is 107 Å². The fourth-order valence-electron chi connectivity index (χ4n) is 10.4. The Balaban J connectivity index is 0.000000819. The number of methoxy groups -OCH3 is 1. The van der Waals surface area contributed by atoms with Gasteiger partial charge in [-0.1, -0.05) is 34.1 Å². The van der Waals surface area contributed by atoms with Crippen LogP contribution in [0.4, 0.5) is 17.1 Å². The van der Waals surface area contributed by atoms with Gasteiger partial charge >= 0.3 is 0 Å². The van der Waals surface area contributed by atoms with Gasteiger partial charge in [-0.3, -0.25) is 25.0 Å². The third-order valence-corrected chi connectivity index (χ3v) is 14.4. The lowest BCUT2D eigenvalue weighted by Gasteiger charge is -2.59. The molecule has 66 heavy (non-hydrogen) atoms. The van der Waals surface area contributed by atoms with E-state index >= 15 is 0 Å². The number of nitrogens with zero attached hydrogens (tertiary/aromatic N) is 7. The Labute approximate surface area is 398 Å². The molecule has 7 rings (SSSR count). The van der Waals surface area contributed by atoms with E-state index < -0.39 is 6.04 Å². The highest BCUT2D eigenvalue weighted by atomic mass is 16.5. The number of rotatable bonds is 22. The number of hydrazine groups is 1. The molecule has 0 radical (unpaired) electrons. The van der Waals surface area contributed by atoms with Gasteiger partial charge in [0.25, 0.3) is 6.47 Å². The van der Waals surface area contributed by atoms with Crippen molar-refractivity contribution in [2.24, 2.45) is 16.6 Å². The van der Waals surface area contributed by atoms with Crippen LogP contribution in [0, 0.1) is 10.8 Å². The quantitative estimate of drug-likeness (QED) is 0.107. The SMILES string of the molecule is CC.CCN(/C(=C(\C)CC(C)(C)COC=O)c1cc(N2CCN(C3CC3)CC2)cnc1C(C)OC)c1ccc(N(CCO)CCC(C(N)C=O)N2CC3(CCC3)C2)cc1.CN1CCCCN1. The first-order chi connectivity index (χ1) is 31.8. The van der Waals surface area contributed by atoms with Crippen molar-refractivity contribution in [3.63, 3.8) is 0 Å². The highest BCUT2D eigenvalue weighted by Gasteiger charge is 2.49. The van der Waals surface area contributed by atoms with Gasteiger partial charge in [-0.05, 0) is 113 Å². The summed E-state index contributed by atoms with van der Waals surface area (Å²) in [6.07, 6.45) is 13.3. The number of likely N-dealkylation sites (tertiary alicyclic amines) is 1. The average molecular weight is 918 g/mol. The summed E-state index contributed by atoms with van der Waals surface area (Å²) in [5.41, 5.74) is 17.1. The predicted molar refractivity (Wildman–Crippen MR) is 270 cm³/mol. The molecule has 1 spiro atoms. The first-order valence-corrected chi connectivity index (χ1v) is 25.2. The molecule has 1 aromatic heterocycles. The number of nitrogens with two attached hydrogens (primary N) is 1. The standard InChI is InChI=1S/C45H69N7O5.C5H12N2.C2H6/c1-7-52(37-13-11-35(12-14-37)48(23-24-53)18-15-41(40(46)28-54)51-29-45(30-51)16-8-17-45)43(33(2)26-44(4,5)31-57-32-55)39-25-38(27-47-42(39)34(3)56-6)50-21-19-49(20-22-50)36-9-10-36;1-7-5-3-2-4-6-7;1-2/h11-14,25,27-28,32,34,36,40-41,53H,7-10,15-24,26,29-31,46H2,1-6H3;6H,2-5H2,1H3;1-2H3/b43-33+;;. The summed E-state index contributed by atoms with van der Waals surface area (Å²) in [6.45, 7) is 25.9. The van der Waals surface area contributed by atoms with Gasteiger partial charge in [0.2, 0.25) is 0 Å². The number of hydrogen-bond donors (Lipinski definition) is 3. The minimum absolute atomic E-state index is 0.0169. The van der Waals surface area contributed by atoms with Crippen LogP contribution >= 0.6 is 0 Å². The van der Waals surface area contributed by atoms with Crippen molar-refractivity contribution in [1.29, 1.82) is 0 Å². The van der Waals surface area contributed by atoms with Gasteiger partial charge in [0.05, 0.1) is 42.9 Å². The lowest BCUT2D eigenvalue weighted by atomic mass is 9.63. The van der Waals surface area contributed by atoms with Crippen molar-refractivity contribution in [2.75, 3.05) is 114 Å². The molecule has 4 heterocycles. The molecule has 2 aromatic rings. The summed E-state index contributed by atoms with van der Waals surface area (Å²) in [6, 6.07) is 11.1. The molecule has 3 unspecified atom stereocenters. The third kappa shape index (κ3) is 14.2. The van der Waals surface area contributed by atoms with E-state index in [1.54, 1.807) is 7.11 Å². The number of aliphatic hydroxyl groups is 1. The second-order valence-electron chi connectivity index (χ2n) is 20.0. The van der Waals surface area contributed by atoms with E-state index in [1.807, 2.05) is 20.0 Å². The molecule has 14 nitrogen and oxygen atoms in total. The smallest absolute Gasteiger partial charge is 0.293 e. The topological polar surface area (TPSA) is 143 Å². The van der Waals surface area contributed by atoms with Crippen molar-refractivity contribution in [1.82, 2.24) is 25.2 Å². The minimum atomic E-state index is -0.534. The average Bonchev–Trinajstić information content (AvgIpc) is 4.16. The van der Waals surface area contributed by atoms with E-state index in [9.17, 15) is 14.7 Å². The molecule has 4 N–H and O–H groups in total. The van der Waals surface area contributed by atoms with Gasteiger partial charge in [-0.15, -0.1) is 0 Å². The molecule has 0 amide bonds. The Morgan fingerprint density at radius 3 is 2.23 bits per heavy atom. The van der Waals surface area contributed by atoms with Gasteiger partial charge in [-0.25, -0.2) is 5.01 Å². The summed E-state index contributed by atoms with van der Waals surface area (Å²) in [7, 11) is 3.81. The highest BCUT2D eigenvalue weighted by Crippen LogP contribution is 2.49. The summed E-state index contributed by atoms with van der Waals surface area (Å²) >= 11 is 0. The van der Waals surface area contributed by atoms with E-state index in [-0.39, 0.29) is 24.2 Å². The number of benzene rings is 1. The molecule has 3 saturated heterocycles. The first kappa shape index (κ1) is 53.3. The number of ether oxygens (including phenoxy) is 2. The fraction of sp³-hybridized carbons (Fsp3) is 0.712. The number of aromatic nitrogens is 1. The van der Waals surface area contributed by atoms with Crippen molar-refractivity contribution in [2.45, 2.75) is 130 Å². The van der Waals surface area contributed by atoms with Gasteiger partial charge < -0.3 is 39.8 Å². The Hall–Kier alpha value is -3.63. The number of hydrogen-bond acceptors (Lipinski definition) is 14. The zero-order valence-corrected chi connectivity index (χ0v) is 42.3. The summed E-state index contributed by atoms with van der Waals surface area (Å²) in [4.78, 5) is 40.3. The first-order valence-electron chi connectivity index (χ1n) is 25.2. The summed E-state index contributed by atoms with van der Waals surface area (Å²) in [5, 5.41) is 12.3. The number of pyridine rings is 1. The van der Waals surface area contributed by atoms with Crippen LogP contribution in [0.15, 0.2) is 42.1 Å². The number of aliphatic hydroxyl groups excluding tert-OH is 1. The summed E-state index contributed by atoms with van der Waals surface area (Å²) < 4.78 is 11.2. The van der Waals surface area contributed by atoms with Crippen molar-refractivity contribution in [3.05, 3.63) is 53.4 Å². The Morgan fingerprint density at radius 2 is 1.71 bits per heavy atom. The van der Waals surface area contributed by atoms with Crippen LogP contribution in [0.25, 0.3) is 5.70 Å². The van der Waals surface area contributed by atoms with Crippen LogP contribution in [0.3, 0.4) is 0 Å². The van der Waals surface area contributed by atoms with Crippen LogP contribution in [-0.2, 0) is 19.1 Å². The molecule has 2 saturated carbocycles. The largest absolute Gasteiger partial charge is 0.467 e. The van der Waals surface area contributed by atoms with E-state index in [4.69, 9.17) is 20.2 Å². The molecule has 370 valence electrons. The molecule has 0 bridgehead atoms. The van der Waals surface area contributed by atoms with Gasteiger partial charge in [0.1, 0.15) is 6.29 Å². The Bertz CT molecular complexity index is 1800. The molecule has 3 aliphatic heterocycles. The molecule has 5 aliphatic rings. The number of carbonyl (C=O) groups is 2. The van der Waals surface area contributed by atoms with Crippen LogP contribution in [0.2, 0.25) is 0 Å². The number of aldehydes is 1. The Morgan fingerprint density at radius 1 is 1.03 bits per heavy atom. The van der Waals surface area contributed by atoms with Crippen molar-refractivity contribution >= 4 is 35.5 Å². The van der Waals surface area contributed by atoms with Crippen molar-refractivity contribution in [3.8, 4) is 0 Å². The van der Waals surface area contributed by atoms with Gasteiger partial charge in [-0.2, -0.15) is 0 Å². The molecule has 14 heteroatoms. The van der Waals surface area contributed by atoms with Gasteiger partial charge in [0.15, 0.2) is 0 Å². The number of carbonyl (C=O) groups excluding carboxylic acids is 2. The lowest BCUT2D eigenvalue weighted by Crippen LogP contribution is -2.66. The maximum atomic E-state index is 11.9. The Kier molecular flexibility index (Phi) is 20.7. The maximum absolute atomic E-state index is 11.9. The van der Waals surface area contributed by atoms with Crippen LogP contribution in [0.1, 0.15) is 124 Å². The number of nitrogens with one attached hydrogen (secondary N) is 1. The number of allylic oxidation sites excluding steroid dienone is 1. The second kappa shape index (κ2) is 25.7. The zero-order valence-electron chi connectivity index (χ0n) is 42.3.